The molecule has 6 heterocycles. The third-order valence-electron chi connectivity index (χ3n) is 7.95. The largest absolute Gasteiger partial charge is 0.474 e. The monoisotopic (exact) mass is 537 g/mol. The van der Waals surface area contributed by atoms with Crippen molar-refractivity contribution in [3.63, 3.8) is 0 Å². The second-order valence-corrected chi connectivity index (χ2v) is 10.8. The second kappa shape index (κ2) is 11.1. The van der Waals surface area contributed by atoms with Crippen molar-refractivity contribution in [2.24, 2.45) is 0 Å². The van der Waals surface area contributed by atoms with Crippen molar-refractivity contribution in [1.82, 2.24) is 29.3 Å². The Labute approximate surface area is 226 Å². The summed E-state index contributed by atoms with van der Waals surface area (Å²) < 4.78 is 41.0. The normalized spacial score (nSPS) is 22.4. The van der Waals surface area contributed by atoms with Crippen LogP contribution in [-0.2, 0) is 24.4 Å². The molecule has 3 fully saturated rings. The van der Waals surface area contributed by atoms with Gasteiger partial charge in [0.05, 0.1) is 42.1 Å². The van der Waals surface area contributed by atoms with Crippen molar-refractivity contribution >= 4 is 11.0 Å². The number of hydrogen-bond acceptors (Lipinski definition) is 8. The van der Waals surface area contributed by atoms with Crippen LogP contribution in [0.15, 0.2) is 30.5 Å². The fraction of sp³-hybridized carbons (Fsp3) is 0.571. The van der Waals surface area contributed by atoms with E-state index < -0.39 is 5.92 Å². The van der Waals surface area contributed by atoms with Gasteiger partial charge in [-0.2, -0.15) is 5.26 Å². The lowest BCUT2D eigenvalue weighted by Gasteiger charge is -2.33. The van der Waals surface area contributed by atoms with Crippen LogP contribution in [0, 0.1) is 11.3 Å². The number of nitrogens with zero attached hydrogens (tertiary/aromatic N) is 7. The molecule has 1 unspecified atom stereocenters. The molecule has 0 radical (unpaired) electrons. The number of likely N-dealkylation sites (tertiary alicyclic amines) is 2. The second-order valence-electron chi connectivity index (χ2n) is 10.8. The molecule has 11 heteroatoms. The lowest BCUT2D eigenvalue weighted by atomic mass is 10.1. The molecule has 3 aliphatic rings. The Kier molecular flexibility index (Phi) is 7.42. The predicted molar refractivity (Wildman–Crippen MR) is 139 cm³/mol. The first-order chi connectivity index (χ1) is 18.9. The van der Waals surface area contributed by atoms with Crippen LogP contribution in [0.2, 0.25) is 0 Å². The van der Waals surface area contributed by atoms with Gasteiger partial charge in [-0.05, 0) is 25.3 Å². The molecule has 0 aliphatic carbocycles. The number of alkyl halides is 2. The molecule has 3 aromatic rings. The number of nitriles is 1. The van der Waals surface area contributed by atoms with Crippen LogP contribution in [0.4, 0.5) is 8.78 Å². The Bertz CT molecular complexity index is 1340. The number of halogens is 2. The molecular weight excluding hydrogens is 504 g/mol. The number of fused-ring (bicyclic) bond motifs is 1. The van der Waals surface area contributed by atoms with Crippen molar-refractivity contribution in [1.29, 1.82) is 5.26 Å². The molecule has 3 aliphatic heterocycles. The van der Waals surface area contributed by atoms with Crippen molar-refractivity contribution in [2.45, 2.75) is 69.9 Å². The summed E-state index contributed by atoms with van der Waals surface area (Å²) in [5.41, 5.74) is 2.94. The molecule has 0 saturated carbocycles. The summed E-state index contributed by atoms with van der Waals surface area (Å²) in [6.07, 6.45) is 4.60. The number of hydrogen-bond donors (Lipinski definition) is 0. The molecule has 0 bridgehead atoms. The molecule has 9 nitrogen and oxygen atoms in total. The Hall–Kier alpha value is -3.20. The number of piperidine rings is 2. The van der Waals surface area contributed by atoms with Crippen LogP contribution in [0.5, 0.6) is 5.88 Å². The van der Waals surface area contributed by atoms with Gasteiger partial charge in [0, 0.05) is 64.3 Å². The van der Waals surface area contributed by atoms with Crippen LogP contribution in [0.3, 0.4) is 0 Å². The highest BCUT2D eigenvalue weighted by atomic mass is 19.3. The van der Waals surface area contributed by atoms with Crippen LogP contribution in [0.25, 0.3) is 11.0 Å². The smallest absolute Gasteiger partial charge is 0.250 e. The van der Waals surface area contributed by atoms with E-state index in [4.69, 9.17) is 14.5 Å². The maximum Gasteiger partial charge on any atom is 0.250 e. The average Bonchev–Trinajstić information content (AvgIpc) is 3.24. The number of imidazole rings is 1. The summed E-state index contributed by atoms with van der Waals surface area (Å²) in [6.45, 7) is 5.31. The topological polar surface area (TPSA) is 92.3 Å². The van der Waals surface area contributed by atoms with E-state index in [1.54, 1.807) is 12.3 Å². The van der Waals surface area contributed by atoms with E-state index in [0.717, 1.165) is 68.1 Å². The molecule has 0 spiro atoms. The first kappa shape index (κ1) is 26.0. The highest BCUT2D eigenvalue weighted by Gasteiger charge is 2.34. The molecule has 3 saturated heterocycles. The lowest BCUT2D eigenvalue weighted by Crippen LogP contribution is -2.39. The van der Waals surface area contributed by atoms with Gasteiger partial charge in [0.2, 0.25) is 5.88 Å². The standard InChI is InChI=1S/C28H33F2N7O2/c29-28(30)7-11-36(12-8-28)17-20-2-1-3-27(33-20)39-22-4-9-35(10-5-22)19-26-34-24-14-21(15-31)32-16-25(24)37(26)18-23-6-13-38-23/h1-3,14,16,22-23H,4-13,17-19H2. The zero-order chi connectivity index (χ0) is 26.8. The molecule has 1 atom stereocenters. The molecule has 39 heavy (non-hydrogen) atoms. The van der Waals surface area contributed by atoms with E-state index in [9.17, 15) is 14.0 Å². The molecule has 0 amide bonds. The third-order valence-corrected chi connectivity index (χ3v) is 7.95. The molecule has 206 valence electrons. The van der Waals surface area contributed by atoms with Gasteiger partial charge >= 0.3 is 0 Å². The summed E-state index contributed by atoms with van der Waals surface area (Å²) in [5, 5.41) is 9.24. The highest BCUT2D eigenvalue weighted by molar-refractivity contribution is 5.76. The Morgan fingerprint density at radius 3 is 2.54 bits per heavy atom. The summed E-state index contributed by atoms with van der Waals surface area (Å²) in [5.74, 6) is -0.988. The predicted octanol–water partition coefficient (Wildman–Crippen LogP) is 3.76. The van der Waals surface area contributed by atoms with Crippen LogP contribution >= 0.6 is 0 Å². The zero-order valence-electron chi connectivity index (χ0n) is 21.9. The van der Waals surface area contributed by atoms with Crippen molar-refractivity contribution < 1.29 is 18.3 Å². The molecule has 0 aromatic carbocycles. The van der Waals surface area contributed by atoms with Crippen LogP contribution < -0.4 is 4.74 Å². The summed E-state index contributed by atoms with van der Waals surface area (Å²) in [6, 6.07) is 9.57. The first-order valence-electron chi connectivity index (χ1n) is 13.8. The maximum absolute atomic E-state index is 13.5. The van der Waals surface area contributed by atoms with Crippen LogP contribution in [-0.4, -0.2) is 80.2 Å². The minimum absolute atomic E-state index is 0.0715. The Morgan fingerprint density at radius 1 is 1.05 bits per heavy atom. The lowest BCUT2D eigenvalue weighted by molar-refractivity contribution is -0.0592. The molecular formula is C28H33F2N7O2. The van der Waals surface area contributed by atoms with Gasteiger partial charge in [-0.3, -0.25) is 9.80 Å². The fourth-order valence-electron chi connectivity index (χ4n) is 5.53. The van der Waals surface area contributed by atoms with Gasteiger partial charge in [-0.15, -0.1) is 0 Å². The average molecular weight is 538 g/mol. The van der Waals surface area contributed by atoms with Crippen molar-refractivity contribution in [3.05, 3.63) is 47.7 Å². The number of pyridine rings is 2. The number of rotatable bonds is 8. The quantitative estimate of drug-likeness (QED) is 0.429. The van der Waals surface area contributed by atoms with Gasteiger partial charge < -0.3 is 14.0 Å². The van der Waals surface area contributed by atoms with E-state index in [0.29, 0.717) is 37.8 Å². The molecule has 0 N–H and O–H groups in total. The van der Waals surface area contributed by atoms with Gasteiger partial charge in [0.1, 0.15) is 23.7 Å². The summed E-state index contributed by atoms with van der Waals surface area (Å²) >= 11 is 0. The molecule has 6 rings (SSSR count). The van der Waals surface area contributed by atoms with E-state index in [-0.39, 0.29) is 25.0 Å². The SMILES string of the molecule is N#Cc1cc2nc(CN3CCC(Oc4cccc(CN5CCC(F)(F)CC5)n4)CC3)n(CC3CCO3)c2cn1. The minimum Gasteiger partial charge on any atom is -0.474 e. The fourth-order valence-corrected chi connectivity index (χ4v) is 5.53. The van der Waals surface area contributed by atoms with Crippen LogP contribution in [0.1, 0.15) is 49.3 Å². The van der Waals surface area contributed by atoms with E-state index in [1.165, 1.54) is 0 Å². The highest BCUT2D eigenvalue weighted by Crippen LogP contribution is 2.29. The summed E-state index contributed by atoms with van der Waals surface area (Å²) in [4.78, 5) is 18.2. The molecule has 3 aromatic heterocycles. The van der Waals surface area contributed by atoms with E-state index in [2.05, 4.69) is 25.5 Å². The zero-order valence-corrected chi connectivity index (χ0v) is 21.9. The van der Waals surface area contributed by atoms with E-state index >= 15 is 0 Å². The van der Waals surface area contributed by atoms with Gasteiger partial charge in [-0.25, -0.2) is 23.7 Å². The Balaban J connectivity index is 1.05. The van der Waals surface area contributed by atoms with Gasteiger partial charge in [-0.1, -0.05) is 6.07 Å². The maximum atomic E-state index is 13.5. The van der Waals surface area contributed by atoms with Gasteiger partial charge in [0.25, 0.3) is 5.92 Å². The minimum atomic E-state index is -2.54. The Morgan fingerprint density at radius 2 is 1.82 bits per heavy atom. The van der Waals surface area contributed by atoms with E-state index in [1.807, 2.05) is 23.1 Å². The van der Waals surface area contributed by atoms with Crippen molar-refractivity contribution in [2.75, 3.05) is 32.8 Å². The summed E-state index contributed by atoms with van der Waals surface area (Å²) in [7, 11) is 0. The third kappa shape index (κ3) is 6.19. The number of aromatic nitrogens is 4. The number of ether oxygens (including phenoxy) is 2. The van der Waals surface area contributed by atoms with Crippen molar-refractivity contribution in [3.8, 4) is 11.9 Å². The van der Waals surface area contributed by atoms with Gasteiger partial charge in [0.15, 0.2) is 0 Å². The first-order valence-corrected chi connectivity index (χ1v) is 13.8.